The number of halogens is 1. The highest BCUT2D eigenvalue weighted by molar-refractivity contribution is 9.10. The molecule has 0 unspecified atom stereocenters. The Hall–Kier alpha value is -0.750. The fourth-order valence-corrected chi connectivity index (χ4v) is 2.57. The van der Waals surface area contributed by atoms with E-state index < -0.39 is 0 Å². The molecular weight excluding hydrogens is 272 g/mol. The van der Waals surface area contributed by atoms with Gasteiger partial charge in [-0.1, -0.05) is 12.1 Å². The predicted molar refractivity (Wildman–Crippen MR) is 63.2 cm³/mol. The molecule has 0 spiro atoms. The fraction of sp³-hybridized carbons (Fsp3) is 0.700. The molecule has 0 saturated carbocycles. The largest absolute Gasteiger partial charge is 0.317 e. The van der Waals surface area contributed by atoms with Crippen molar-refractivity contribution in [2.75, 3.05) is 13.1 Å². The van der Waals surface area contributed by atoms with E-state index in [-0.39, 0.29) is 11.2 Å². The van der Waals surface area contributed by atoms with Crippen LogP contribution in [0, 0.1) is 5.41 Å². The molecule has 1 aromatic heterocycles. The van der Waals surface area contributed by atoms with Crippen LogP contribution < -0.4 is 5.32 Å². The number of ketones is 1. The van der Waals surface area contributed by atoms with E-state index in [1.54, 1.807) is 11.7 Å². The molecule has 1 aromatic rings. The van der Waals surface area contributed by atoms with Gasteiger partial charge in [-0.05, 0) is 41.9 Å². The van der Waals surface area contributed by atoms with E-state index in [0.29, 0.717) is 10.3 Å². The number of hydrogen-bond donors (Lipinski definition) is 1. The minimum absolute atomic E-state index is 0.133. The zero-order valence-corrected chi connectivity index (χ0v) is 11.0. The molecule has 2 rings (SSSR count). The number of Topliss-reactive ketones (excluding diaryl/α,β-unsaturated/α-hetero) is 1. The SMILES string of the molecule is Cn1nnc(Br)c1C(=O)C1(C)CCNCC1. The normalized spacial score (nSPS) is 19.7. The van der Waals surface area contributed by atoms with Gasteiger partial charge in [-0.2, -0.15) is 0 Å². The molecule has 0 bridgehead atoms. The van der Waals surface area contributed by atoms with Crippen molar-refractivity contribution < 1.29 is 4.79 Å². The van der Waals surface area contributed by atoms with Crippen molar-refractivity contribution in [3.05, 3.63) is 10.3 Å². The van der Waals surface area contributed by atoms with Crippen molar-refractivity contribution in [3.63, 3.8) is 0 Å². The van der Waals surface area contributed by atoms with Crippen LogP contribution in [0.5, 0.6) is 0 Å². The van der Waals surface area contributed by atoms with Crippen molar-refractivity contribution in [3.8, 4) is 0 Å². The van der Waals surface area contributed by atoms with Crippen LogP contribution in [0.1, 0.15) is 30.3 Å². The molecule has 1 saturated heterocycles. The smallest absolute Gasteiger partial charge is 0.189 e. The number of carbonyl (C=O) groups is 1. The van der Waals surface area contributed by atoms with Gasteiger partial charge in [-0.3, -0.25) is 4.79 Å². The predicted octanol–water partition coefficient (Wildman–Crippen LogP) is 1.15. The minimum Gasteiger partial charge on any atom is -0.317 e. The highest BCUT2D eigenvalue weighted by Gasteiger charge is 2.37. The van der Waals surface area contributed by atoms with Crippen molar-refractivity contribution in [1.82, 2.24) is 20.3 Å². The lowest BCUT2D eigenvalue weighted by Gasteiger charge is -2.32. The Morgan fingerprint density at radius 3 is 2.62 bits per heavy atom. The Labute approximate surface area is 103 Å². The van der Waals surface area contributed by atoms with Gasteiger partial charge in [-0.15, -0.1) is 5.10 Å². The number of carbonyl (C=O) groups excluding carboxylic acids is 1. The van der Waals surface area contributed by atoms with Gasteiger partial charge in [0.2, 0.25) is 0 Å². The molecule has 0 aromatic carbocycles. The summed E-state index contributed by atoms with van der Waals surface area (Å²) in [4.78, 5) is 12.5. The molecule has 88 valence electrons. The summed E-state index contributed by atoms with van der Waals surface area (Å²) >= 11 is 3.28. The third kappa shape index (κ3) is 1.91. The maximum Gasteiger partial charge on any atom is 0.189 e. The number of hydrogen-bond acceptors (Lipinski definition) is 4. The maximum absolute atomic E-state index is 12.5. The van der Waals surface area contributed by atoms with Crippen molar-refractivity contribution in [1.29, 1.82) is 0 Å². The lowest BCUT2D eigenvalue weighted by atomic mass is 9.76. The Morgan fingerprint density at radius 2 is 2.12 bits per heavy atom. The van der Waals surface area contributed by atoms with E-state index >= 15 is 0 Å². The number of rotatable bonds is 2. The summed E-state index contributed by atoms with van der Waals surface area (Å²) in [7, 11) is 1.75. The van der Waals surface area contributed by atoms with Gasteiger partial charge >= 0.3 is 0 Å². The van der Waals surface area contributed by atoms with Crippen LogP contribution in [0.15, 0.2) is 4.60 Å². The van der Waals surface area contributed by atoms with Gasteiger partial charge in [0.25, 0.3) is 0 Å². The van der Waals surface area contributed by atoms with Crippen LogP contribution in [0.3, 0.4) is 0 Å². The number of nitrogens with one attached hydrogen (secondary N) is 1. The molecule has 1 aliphatic rings. The highest BCUT2D eigenvalue weighted by atomic mass is 79.9. The maximum atomic E-state index is 12.5. The fourth-order valence-electron chi connectivity index (χ4n) is 2.06. The molecule has 1 N–H and O–H groups in total. The zero-order valence-electron chi connectivity index (χ0n) is 9.46. The van der Waals surface area contributed by atoms with Gasteiger partial charge in [0.05, 0.1) is 0 Å². The molecule has 16 heavy (non-hydrogen) atoms. The van der Waals surface area contributed by atoms with Crippen LogP contribution in [0.4, 0.5) is 0 Å². The average molecular weight is 287 g/mol. The summed E-state index contributed by atoms with van der Waals surface area (Å²) in [5, 5.41) is 11.0. The van der Waals surface area contributed by atoms with E-state index in [4.69, 9.17) is 0 Å². The minimum atomic E-state index is -0.288. The molecular formula is C10H15BrN4O. The summed E-state index contributed by atoms with van der Waals surface area (Å²) in [5.74, 6) is 0.133. The standard InChI is InChI=1S/C10H15BrN4O/c1-10(3-5-12-6-4-10)8(16)7-9(11)13-14-15(7)2/h12H,3-6H2,1-2H3. The molecule has 1 fully saturated rings. The molecule has 0 atom stereocenters. The summed E-state index contributed by atoms with van der Waals surface area (Å²) in [6.07, 6.45) is 1.73. The van der Waals surface area contributed by atoms with Gasteiger partial charge in [0, 0.05) is 12.5 Å². The van der Waals surface area contributed by atoms with E-state index in [1.165, 1.54) is 0 Å². The van der Waals surface area contributed by atoms with Crippen LogP contribution in [0.25, 0.3) is 0 Å². The Kier molecular flexibility index (Phi) is 3.12. The molecule has 0 amide bonds. The van der Waals surface area contributed by atoms with Gasteiger partial charge < -0.3 is 5.32 Å². The van der Waals surface area contributed by atoms with E-state index in [2.05, 4.69) is 31.6 Å². The van der Waals surface area contributed by atoms with Crippen LogP contribution in [-0.2, 0) is 7.05 Å². The number of aryl methyl sites for hydroxylation is 1. The monoisotopic (exact) mass is 286 g/mol. The summed E-state index contributed by atoms with van der Waals surface area (Å²) in [5.41, 5.74) is 0.285. The van der Waals surface area contributed by atoms with Crippen LogP contribution in [-0.4, -0.2) is 33.9 Å². The van der Waals surface area contributed by atoms with E-state index in [1.807, 2.05) is 6.92 Å². The molecule has 2 heterocycles. The second kappa shape index (κ2) is 4.25. The average Bonchev–Trinajstić information content (AvgIpc) is 2.59. The van der Waals surface area contributed by atoms with Crippen molar-refractivity contribution in [2.24, 2.45) is 12.5 Å². The number of nitrogens with zero attached hydrogens (tertiary/aromatic N) is 3. The number of aromatic nitrogens is 3. The molecule has 1 aliphatic heterocycles. The lowest BCUT2D eigenvalue weighted by molar-refractivity contribution is 0.0750. The van der Waals surface area contributed by atoms with Gasteiger partial charge in [-0.25, -0.2) is 4.68 Å². The Bertz CT molecular complexity index is 389. The van der Waals surface area contributed by atoms with Gasteiger partial charge in [0.1, 0.15) is 5.69 Å². The first-order chi connectivity index (χ1) is 7.54. The summed E-state index contributed by atoms with van der Waals surface area (Å²) in [6.45, 7) is 3.81. The topological polar surface area (TPSA) is 59.8 Å². The molecule has 0 aliphatic carbocycles. The van der Waals surface area contributed by atoms with E-state index in [0.717, 1.165) is 25.9 Å². The molecule has 6 heteroatoms. The third-order valence-corrected chi connectivity index (χ3v) is 3.79. The molecule has 5 nitrogen and oxygen atoms in total. The van der Waals surface area contributed by atoms with E-state index in [9.17, 15) is 4.79 Å². The van der Waals surface area contributed by atoms with Crippen LogP contribution >= 0.6 is 15.9 Å². The summed E-state index contributed by atoms with van der Waals surface area (Å²) in [6, 6.07) is 0. The van der Waals surface area contributed by atoms with Crippen molar-refractivity contribution >= 4 is 21.7 Å². The Morgan fingerprint density at radius 1 is 1.50 bits per heavy atom. The van der Waals surface area contributed by atoms with Gasteiger partial charge in [0.15, 0.2) is 10.4 Å². The zero-order chi connectivity index (χ0) is 11.8. The second-order valence-electron chi connectivity index (χ2n) is 4.49. The number of piperidine rings is 1. The first kappa shape index (κ1) is 11.7. The first-order valence-corrected chi connectivity index (χ1v) is 6.14. The first-order valence-electron chi connectivity index (χ1n) is 5.35. The summed E-state index contributed by atoms with van der Waals surface area (Å²) < 4.78 is 2.08. The molecule has 0 radical (unpaired) electrons. The quantitative estimate of drug-likeness (QED) is 0.829. The van der Waals surface area contributed by atoms with Crippen molar-refractivity contribution in [2.45, 2.75) is 19.8 Å². The highest BCUT2D eigenvalue weighted by Crippen LogP contribution is 2.33. The Balaban J connectivity index is 2.31. The lowest BCUT2D eigenvalue weighted by Crippen LogP contribution is -2.40. The van der Waals surface area contributed by atoms with Crippen LogP contribution in [0.2, 0.25) is 0 Å². The third-order valence-electron chi connectivity index (χ3n) is 3.26. The second-order valence-corrected chi connectivity index (χ2v) is 5.24.